The van der Waals surface area contributed by atoms with Crippen LogP contribution in [0.3, 0.4) is 0 Å². The molecule has 1 aromatic carbocycles. The molecule has 1 aromatic rings. The number of fused-ring (bicyclic) bond motifs is 1. The molecule has 0 bridgehead atoms. The van der Waals surface area contributed by atoms with Gasteiger partial charge in [-0.1, -0.05) is 12.1 Å². The fourth-order valence-electron chi connectivity index (χ4n) is 4.83. The maximum Gasteiger partial charge on any atom is 0.259 e. The second kappa shape index (κ2) is 10.7. The van der Waals surface area contributed by atoms with Crippen LogP contribution in [-0.2, 0) is 9.59 Å². The molecule has 0 radical (unpaired) electrons. The summed E-state index contributed by atoms with van der Waals surface area (Å²) in [6.45, 7) is 3.11. The van der Waals surface area contributed by atoms with Crippen LogP contribution in [0.1, 0.15) is 54.3 Å². The molecule has 3 heterocycles. The van der Waals surface area contributed by atoms with Gasteiger partial charge in [0.1, 0.15) is 12.3 Å². The molecule has 2 fully saturated rings. The van der Waals surface area contributed by atoms with Gasteiger partial charge in [0.25, 0.3) is 5.91 Å². The van der Waals surface area contributed by atoms with Crippen molar-refractivity contribution in [1.29, 1.82) is 0 Å². The van der Waals surface area contributed by atoms with E-state index in [9.17, 15) is 24.6 Å². The standard InChI is InChI=1S/C23H34N6O5/c24-14-7-12-28(13-8-14)19(31)6-9-25-10-11-26-16-3-1-2-15-20(16)23(34)29(22(15)33)17-4-5-18(30)27-21(17)32/h1-3,14,17-18,22,25-26,30,33H,4-13,24H2,(H,27,32). The number of amides is 3. The van der Waals surface area contributed by atoms with Crippen molar-refractivity contribution in [2.75, 3.05) is 38.0 Å². The predicted octanol–water partition coefficient (Wildman–Crippen LogP) is -0.928. The molecule has 186 valence electrons. The summed E-state index contributed by atoms with van der Waals surface area (Å²) in [6.07, 6.45) is 0.565. The summed E-state index contributed by atoms with van der Waals surface area (Å²) in [5.41, 5.74) is 7.28. The number of carbonyl (C=O) groups is 3. The van der Waals surface area contributed by atoms with Crippen LogP contribution in [0.5, 0.6) is 0 Å². The van der Waals surface area contributed by atoms with Gasteiger partial charge in [-0.05, 0) is 31.7 Å². The predicted molar refractivity (Wildman–Crippen MR) is 125 cm³/mol. The van der Waals surface area contributed by atoms with E-state index in [-0.39, 0.29) is 18.4 Å². The van der Waals surface area contributed by atoms with E-state index >= 15 is 0 Å². The number of piperidine rings is 2. The molecule has 2 saturated heterocycles. The first-order valence-electron chi connectivity index (χ1n) is 12.0. The minimum atomic E-state index is -1.22. The summed E-state index contributed by atoms with van der Waals surface area (Å²) in [4.78, 5) is 40.8. The molecule has 0 aromatic heterocycles. The Labute approximate surface area is 198 Å². The highest BCUT2D eigenvalue weighted by Gasteiger charge is 2.45. The number of hydrogen-bond donors (Lipinski definition) is 6. The SMILES string of the molecule is NC1CCN(C(=O)CCNCCNc2cccc3c2C(=O)N(C2CCC(O)NC2=O)C3O)CC1. The van der Waals surface area contributed by atoms with Gasteiger partial charge in [0.15, 0.2) is 6.23 Å². The normalized spacial score (nSPS) is 25.3. The summed E-state index contributed by atoms with van der Waals surface area (Å²) < 4.78 is 0. The lowest BCUT2D eigenvalue weighted by Crippen LogP contribution is -2.55. The van der Waals surface area contributed by atoms with Gasteiger partial charge in [-0.3, -0.25) is 19.3 Å². The van der Waals surface area contributed by atoms with Gasteiger partial charge in [0.05, 0.1) is 5.56 Å². The molecule has 11 nitrogen and oxygen atoms in total. The highest BCUT2D eigenvalue weighted by Crippen LogP contribution is 2.38. The smallest absolute Gasteiger partial charge is 0.259 e. The Balaban J connectivity index is 1.26. The van der Waals surface area contributed by atoms with E-state index in [1.807, 2.05) is 4.90 Å². The van der Waals surface area contributed by atoms with E-state index in [1.165, 1.54) is 4.90 Å². The molecule has 3 aliphatic heterocycles. The quantitative estimate of drug-likeness (QED) is 0.264. The number of rotatable bonds is 8. The zero-order valence-electron chi connectivity index (χ0n) is 19.2. The fraction of sp³-hybridized carbons (Fsp3) is 0.609. The average Bonchev–Trinajstić information content (AvgIpc) is 3.07. The van der Waals surface area contributed by atoms with Gasteiger partial charge in [0, 0.05) is 56.4 Å². The number of carbonyl (C=O) groups excluding carboxylic acids is 3. The van der Waals surface area contributed by atoms with Crippen molar-refractivity contribution < 1.29 is 24.6 Å². The molecule has 34 heavy (non-hydrogen) atoms. The van der Waals surface area contributed by atoms with Crippen LogP contribution in [0.4, 0.5) is 5.69 Å². The topological polar surface area (TPSA) is 160 Å². The van der Waals surface area contributed by atoms with Gasteiger partial charge in [-0.25, -0.2) is 0 Å². The van der Waals surface area contributed by atoms with Crippen LogP contribution in [-0.4, -0.2) is 88.8 Å². The summed E-state index contributed by atoms with van der Waals surface area (Å²) in [5.74, 6) is -0.756. The number of likely N-dealkylation sites (tertiary alicyclic amines) is 1. The summed E-state index contributed by atoms with van der Waals surface area (Å²) in [6, 6.07) is 4.56. The van der Waals surface area contributed by atoms with E-state index in [0.717, 1.165) is 25.9 Å². The van der Waals surface area contributed by atoms with Crippen molar-refractivity contribution in [3.8, 4) is 0 Å². The zero-order valence-corrected chi connectivity index (χ0v) is 19.2. The Morgan fingerprint density at radius 2 is 1.85 bits per heavy atom. The monoisotopic (exact) mass is 474 g/mol. The maximum absolute atomic E-state index is 13.2. The van der Waals surface area contributed by atoms with Gasteiger partial charge in [-0.2, -0.15) is 0 Å². The summed E-state index contributed by atoms with van der Waals surface area (Å²) in [7, 11) is 0. The van der Waals surface area contributed by atoms with Crippen molar-refractivity contribution in [2.45, 2.75) is 56.6 Å². The molecular weight excluding hydrogens is 440 g/mol. The van der Waals surface area contributed by atoms with E-state index in [1.54, 1.807) is 18.2 Å². The Morgan fingerprint density at radius 1 is 1.09 bits per heavy atom. The number of anilines is 1. The van der Waals surface area contributed by atoms with Crippen molar-refractivity contribution in [3.05, 3.63) is 29.3 Å². The van der Waals surface area contributed by atoms with E-state index in [4.69, 9.17) is 5.73 Å². The molecule has 3 amide bonds. The van der Waals surface area contributed by atoms with Crippen LogP contribution < -0.4 is 21.7 Å². The Morgan fingerprint density at radius 3 is 2.59 bits per heavy atom. The Kier molecular flexibility index (Phi) is 7.67. The lowest BCUT2D eigenvalue weighted by molar-refractivity contribution is -0.136. The molecule has 3 atom stereocenters. The van der Waals surface area contributed by atoms with Crippen molar-refractivity contribution in [3.63, 3.8) is 0 Å². The second-order valence-electron chi connectivity index (χ2n) is 9.12. The average molecular weight is 475 g/mol. The molecule has 11 heteroatoms. The van der Waals surface area contributed by atoms with Crippen molar-refractivity contribution >= 4 is 23.4 Å². The molecule has 0 saturated carbocycles. The van der Waals surface area contributed by atoms with Crippen molar-refractivity contribution in [1.82, 2.24) is 20.4 Å². The maximum atomic E-state index is 13.2. The number of nitrogens with zero attached hydrogens (tertiary/aromatic N) is 2. The largest absolute Gasteiger partial charge is 0.383 e. The highest BCUT2D eigenvalue weighted by atomic mass is 16.3. The van der Waals surface area contributed by atoms with Crippen LogP contribution in [0.15, 0.2) is 18.2 Å². The van der Waals surface area contributed by atoms with E-state index in [2.05, 4.69) is 16.0 Å². The molecule has 4 rings (SSSR count). The molecule has 0 spiro atoms. The van der Waals surface area contributed by atoms with Crippen molar-refractivity contribution in [2.24, 2.45) is 5.73 Å². The van der Waals surface area contributed by atoms with Gasteiger partial charge >= 0.3 is 0 Å². The van der Waals surface area contributed by atoms with Crippen LogP contribution in [0.25, 0.3) is 0 Å². The highest BCUT2D eigenvalue weighted by molar-refractivity contribution is 6.06. The van der Waals surface area contributed by atoms with Gasteiger partial charge in [-0.15, -0.1) is 0 Å². The number of nitrogens with one attached hydrogen (secondary N) is 3. The minimum Gasteiger partial charge on any atom is -0.383 e. The van der Waals surface area contributed by atoms with Crippen LogP contribution in [0.2, 0.25) is 0 Å². The summed E-state index contributed by atoms with van der Waals surface area (Å²) in [5, 5.41) is 29.3. The van der Waals surface area contributed by atoms with E-state index in [0.29, 0.717) is 49.3 Å². The second-order valence-corrected chi connectivity index (χ2v) is 9.12. The zero-order chi connectivity index (χ0) is 24.2. The number of benzene rings is 1. The number of hydrogen-bond acceptors (Lipinski definition) is 8. The van der Waals surface area contributed by atoms with Crippen LogP contribution >= 0.6 is 0 Å². The first kappa shape index (κ1) is 24.4. The lowest BCUT2D eigenvalue weighted by Gasteiger charge is -2.34. The molecule has 3 aliphatic rings. The van der Waals surface area contributed by atoms with E-state index < -0.39 is 30.3 Å². The van der Waals surface area contributed by atoms with Gasteiger partial charge in [0.2, 0.25) is 11.8 Å². The molecular formula is C23H34N6O5. The number of aliphatic hydroxyl groups excluding tert-OH is 2. The lowest BCUT2D eigenvalue weighted by atomic mass is 10.0. The minimum absolute atomic E-state index is 0.132. The third-order valence-electron chi connectivity index (χ3n) is 6.77. The Hall–Kier alpha value is -2.73. The Bertz CT molecular complexity index is 919. The first-order valence-corrected chi connectivity index (χ1v) is 12.0. The van der Waals surface area contributed by atoms with Crippen LogP contribution in [0, 0.1) is 0 Å². The summed E-state index contributed by atoms with van der Waals surface area (Å²) >= 11 is 0. The third-order valence-corrected chi connectivity index (χ3v) is 6.77. The van der Waals surface area contributed by atoms with Gasteiger partial charge < -0.3 is 36.8 Å². The molecule has 3 unspecified atom stereocenters. The molecule has 7 N–H and O–H groups in total. The first-order chi connectivity index (χ1) is 16.4. The molecule has 0 aliphatic carbocycles. The number of nitrogens with two attached hydrogens (primary N) is 1. The fourth-order valence-corrected chi connectivity index (χ4v) is 4.83. The third kappa shape index (κ3) is 5.17. The number of aliphatic hydroxyl groups is 2.